The molecule has 0 bridgehead atoms. The Bertz CT molecular complexity index is 695. The maximum absolute atomic E-state index is 6.16. The number of ether oxygens (including phenoxy) is 2. The van der Waals surface area contributed by atoms with Crippen molar-refractivity contribution in [3.63, 3.8) is 0 Å². The normalized spacial score (nSPS) is 17.5. The van der Waals surface area contributed by atoms with Gasteiger partial charge in [0.2, 0.25) is 0 Å². The highest BCUT2D eigenvalue weighted by atomic mass is 32.1. The lowest BCUT2D eigenvalue weighted by Gasteiger charge is -2.34. The molecule has 1 heterocycles. The molecule has 0 aromatic rings. The summed E-state index contributed by atoms with van der Waals surface area (Å²) in [7, 11) is 1.51. The number of rotatable bonds is 8. The predicted octanol–water partition coefficient (Wildman–Crippen LogP) is 3.18. The lowest BCUT2D eigenvalue weighted by Crippen LogP contribution is -2.45. The van der Waals surface area contributed by atoms with Crippen LogP contribution in [0, 0.1) is 0 Å². The summed E-state index contributed by atoms with van der Waals surface area (Å²) in [5, 5.41) is 3.82. The molecule has 0 aliphatic carbocycles. The number of nitrogens with zero attached hydrogens (tertiary/aromatic N) is 1. The predicted molar refractivity (Wildman–Crippen MR) is 120 cm³/mol. The smallest absolute Gasteiger partial charge is 0.183 e. The Balaban J connectivity index is 2.64. The second-order valence-electron chi connectivity index (χ2n) is 6.41. The van der Waals surface area contributed by atoms with Crippen LogP contribution < -0.4 is 16.8 Å². The van der Waals surface area contributed by atoms with Crippen molar-refractivity contribution in [2.75, 3.05) is 20.2 Å². The molecule has 154 valence electrons. The van der Waals surface area contributed by atoms with Gasteiger partial charge < -0.3 is 31.2 Å². The van der Waals surface area contributed by atoms with Crippen LogP contribution in [-0.4, -0.2) is 36.3 Å². The maximum atomic E-state index is 6.16. The van der Waals surface area contributed by atoms with Gasteiger partial charge in [-0.05, 0) is 50.4 Å². The van der Waals surface area contributed by atoms with Crippen LogP contribution in [0.15, 0.2) is 72.1 Å². The molecule has 28 heavy (non-hydrogen) atoms. The summed E-state index contributed by atoms with van der Waals surface area (Å²) in [4.78, 5) is 2.11. The molecule has 0 aromatic carbocycles. The van der Waals surface area contributed by atoms with E-state index in [4.69, 9.17) is 33.2 Å². The van der Waals surface area contributed by atoms with E-state index in [1.165, 1.54) is 7.11 Å². The van der Waals surface area contributed by atoms with Crippen molar-refractivity contribution in [1.29, 1.82) is 0 Å². The van der Waals surface area contributed by atoms with Crippen LogP contribution in [0.1, 0.15) is 26.7 Å². The molecule has 0 spiro atoms. The van der Waals surface area contributed by atoms with E-state index in [-0.39, 0.29) is 6.10 Å². The fourth-order valence-electron chi connectivity index (χ4n) is 2.51. The number of methoxy groups -OCH3 is 1. The molecule has 0 aromatic heterocycles. The van der Waals surface area contributed by atoms with Crippen LogP contribution in [0.5, 0.6) is 0 Å². The van der Waals surface area contributed by atoms with E-state index in [1.54, 1.807) is 24.3 Å². The number of allylic oxidation sites excluding steroid dienone is 7. The number of piperidine rings is 1. The number of likely N-dealkylation sites (tertiary alicyclic amines) is 1. The molecule has 1 aliphatic heterocycles. The van der Waals surface area contributed by atoms with Crippen LogP contribution in [0.3, 0.4) is 0 Å². The number of nitrogens with one attached hydrogen (secondary N) is 1. The van der Waals surface area contributed by atoms with Gasteiger partial charge in [0, 0.05) is 42.9 Å². The first-order chi connectivity index (χ1) is 13.3. The van der Waals surface area contributed by atoms with E-state index >= 15 is 0 Å². The van der Waals surface area contributed by atoms with Crippen LogP contribution >= 0.6 is 12.2 Å². The topological polar surface area (TPSA) is 85.8 Å². The lowest BCUT2D eigenvalue weighted by atomic mass is 10.1. The fourth-order valence-corrected chi connectivity index (χ4v) is 2.81. The number of thiocarbonyl (C=S) groups is 1. The summed E-state index contributed by atoms with van der Waals surface area (Å²) >= 11 is 5.52. The van der Waals surface area contributed by atoms with Gasteiger partial charge in [0.1, 0.15) is 11.9 Å². The van der Waals surface area contributed by atoms with Crippen molar-refractivity contribution < 1.29 is 9.47 Å². The molecule has 0 radical (unpaired) electrons. The van der Waals surface area contributed by atoms with E-state index in [9.17, 15) is 0 Å². The molecule has 0 saturated carbocycles. The Hall–Kier alpha value is -2.67. The van der Waals surface area contributed by atoms with Gasteiger partial charge in [-0.3, -0.25) is 0 Å². The Morgan fingerprint density at radius 3 is 2.29 bits per heavy atom. The van der Waals surface area contributed by atoms with Gasteiger partial charge >= 0.3 is 0 Å². The third kappa shape index (κ3) is 7.52. The summed E-state index contributed by atoms with van der Waals surface area (Å²) in [5.41, 5.74) is 13.9. The molecule has 5 N–H and O–H groups in total. The zero-order chi connectivity index (χ0) is 21.1. The SMILES string of the molecule is C=C/C=C(OC1CCN(C(=S)N/C(C=C)=C/C=C(\N)OC)CC1)\C(C)=C(\C)N. The molecule has 7 heteroatoms. The number of nitrogens with two attached hydrogens (primary N) is 2. The molecular formula is C21H32N4O2S. The molecule has 1 rings (SSSR count). The van der Waals surface area contributed by atoms with Crippen molar-refractivity contribution in [2.45, 2.75) is 32.8 Å². The second kappa shape index (κ2) is 11.9. The minimum absolute atomic E-state index is 0.110. The molecule has 1 aliphatic rings. The Morgan fingerprint density at radius 1 is 1.14 bits per heavy atom. The molecule has 1 fully saturated rings. The van der Waals surface area contributed by atoms with Gasteiger partial charge in [-0.1, -0.05) is 19.2 Å². The van der Waals surface area contributed by atoms with Crippen molar-refractivity contribution in [2.24, 2.45) is 11.5 Å². The highest BCUT2D eigenvalue weighted by Gasteiger charge is 2.23. The standard InChI is InChI=1S/C21H32N4O2S/c1-6-8-19(15(3)16(4)22)27-18-11-13-25(14-12-18)21(28)24-17(7-2)9-10-20(23)26-5/h6-10,18H,1-2,11-14,22-23H2,3-5H3,(H,24,28)/b16-15-,17-9+,19-8+,20-10+. The first-order valence-corrected chi connectivity index (χ1v) is 9.55. The third-order valence-electron chi connectivity index (χ3n) is 4.39. The van der Waals surface area contributed by atoms with E-state index < -0.39 is 0 Å². The summed E-state index contributed by atoms with van der Waals surface area (Å²) in [6, 6.07) is 0. The van der Waals surface area contributed by atoms with Gasteiger partial charge in [-0.2, -0.15) is 0 Å². The number of hydrogen-bond donors (Lipinski definition) is 3. The highest BCUT2D eigenvalue weighted by molar-refractivity contribution is 7.80. The first-order valence-electron chi connectivity index (χ1n) is 9.14. The van der Waals surface area contributed by atoms with Crippen LogP contribution in [-0.2, 0) is 9.47 Å². The van der Waals surface area contributed by atoms with Crippen molar-refractivity contribution in [3.8, 4) is 0 Å². The largest absolute Gasteiger partial charge is 0.490 e. The monoisotopic (exact) mass is 404 g/mol. The summed E-state index contributed by atoms with van der Waals surface area (Å²) in [5.74, 6) is 1.08. The van der Waals surface area contributed by atoms with Crippen LogP contribution in [0.2, 0.25) is 0 Å². The third-order valence-corrected chi connectivity index (χ3v) is 4.75. The first kappa shape index (κ1) is 23.4. The highest BCUT2D eigenvalue weighted by Crippen LogP contribution is 2.22. The zero-order valence-corrected chi connectivity index (χ0v) is 17.8. The molecule has 0 unspecified atom stereocenters. The average Bonchev–Trinajstić information content (AvgIpc) is 2.70. The average molecular weight is 405 g/mol. The van der Waals surface area contributed by atoms with Crippen LogP contribution in [0.4, 0.5) is 0 Å². The van der Waals surface area contributed by atoms with Crippen molar-refractivity contribution in [1.82, 2.24) is 10.2 Å². The van der Waals surface area contributed by atoms with Crippen molar-refractivity contribution in [3.05, 3.63) is 72.1 Å². The van der Waals surface area contributed by atoms with Gasteiger partial charge in [-0.25, -0.2) is 0 Å². The van der Waals surface area contributed by atoms with Gasteiger partial charge in [0.05, 0.1) is 7.11 Å². The van der Waals surface area contributed by atoms with Gasteiger partial charge in [0.15, 0.2) is 11.0 Å². The minimum Gasteiger partial charge on any atom is -0.490 e. The fraction of sp³-hybridized carbons (Fsp3) is 0.381. The molecular weight excluding hydrogens is 372 g/mol. The molecule has 6 nitrogen and oxygen atoms in total. The Morgan fingerprint density at radius 2 is 1.79 bits per heavy atom. The van der Waals surface area contributed by atoms with E-state index in [0.717, 1.165) is 48.7 Å². The molecule has 0 amide bonds. The minimum atomic E-state index is 0.110. The lowest BCUT2D eigenvalue weighted by molar-refractivity contribution is 0.0725. The van der Waals surface area contributed by atoms with E-state index in [0.29, 0.717) is 11.0 Å². The van der Waals surface area contributed by atoms with E-state index in [1.807, 2.05) is 19.9 Å². The number of hydrogen-bond acceptors (Lipinski definition) is 5. The Kier molecular flexibility index (Phi) is 9.95. The second-order valence-corrected chi connectivity index (χ2v) is 6.80. The molecule has 1 saturated heterocycles. The van der Waals surface area contributed by atoms with Gasteiger partial charge in [0.25, 0.3) is 0 Å². The summed E-state index contributed by atoms with van der Waals surface area (Å²) in [6.45, 7) is 12.9. The zero-order valence-electron chi connectivity index (χ0n) is 17.0. The maximum Gasteiger partial charge on any atom is 0.183 e. The summed E-state index contributed by atoms with van der Waals surface area (Å²) < 4.78 is 11.1. The quantitative estimate of drug-likeness (QED) is 0.325. The Labute approximate surface area is 173 Å². The van der Waals surface area contributed by atoms with E-state index in [2.05, 4.69) is 23.4 Å². The molecule has 0 atom stereocenters. The summed E-state index contributed by atoms with van der Waals surface area (Å²) in [6.07, 6.45) is 10.5. The van der Waals surface area contributed by atoms with Gasteiger partial charge in [-0.15, -0.1) is 0 Å². The van der Waals surface area contributed by atoms with Crippen LogP contribution in [0.25, 0.3) is 0 Å². The van der Waals surface area contributed by atoms with Crippen molar-refractivity contribution >= 4 is 17.3 Å².